The molecule has 0 aromatic heterocycles. The van der Waals surface area contributed by atoms with E-state index < -0.39 is 11.9 Å². The standard InChI is InChI=1S/C24H38O4.C8H10O2/c1-3-5-7-9-11-15-19-27-23(25)21-17-13-14-18-22(21)24(26)28-20-16-12-10-8-6-4-2;1-2-6-3-7(9)5-8(10)4-6/h13-14,17-18H,3-12,15-16,19-20H2,1-2H3;3-5,9-10H,2H2,1H3. The minimum Gasteiger partial charge on any atom is -0.508 e. The van der Waals surface area contributed by atoms with E-state index in [0.29, 0.717) is 24.3 Å². The van der Waals surface area contributed by atoms with E-state index >= 15 is 0 Å². The molecule has 38 heavy (non-hydrogen) atoms. The zero-order valence-corrected chi connectivity index (χ0v) is 23.7. The van der Waals surface area contributed by atoms with Crippen LogP contribution >= 0.6 is 0 Å². The molecule has 0 spiro atoms. The van der Waals surface area contributed by atoms with Crippen molar-refractivity contribution in [1.29, 1.82) is 0 Å². The fraction of sp³-hybridized carbons (Fsp3) is 0.562. The Bertz CT molecular complexity index is 855. The van der Waals surface area contributed by atoms with Crippen LogP contribution in [0.5, 0.6) is 11.5 Å². The lowest BCUT2D eigenvalue weighted by molar-refractivity contribution is 0.0450. The third-order valence-corrected chi connectivity index (χ3v) is 6.20. The Labute approximate surface area is 229 Å². The molecule has 2 aromatic rings. The fourth-order valence-electron chi connectivity index (χ4n) is 3.95. The van der Waals surface area contributed by atoms with E-state index in [-0.39, 0.29) is 11.5 Å². The first-order valence-corrected chi connectivity index (χ1v) is 14.4. The molecule has 212 valence electrons. The van der Waals surface area contributed by atoms with Crippen LogP contribution in [0.1, 0.15) is 124 Å². The van der Waals surface area contributed by atoms with E-state index in [2.05, 4.69) is 13.8 Å². The number of phenolic OH excluding ortho intramolecular Hbond substituents is 2. The van der Waals surface area contributed by atoms with Gasteiger partial charge in [0.2, 0.25) is 0 Å². The second-order valence-electron chi connectivity index (χ2n) is 9.56. The summed E-state index contributed by atoms with van der Waals surface area (Å²) in [6.45, 7) is 7.14. The van der Waals surface area contributed by atoms with Crippen LogP contribution in [0.15, 0.2) is 42.5 Å². The highest BCUT2D eigenvalue weighted by atomic mass is 16.5. The number of rotatable bonds is 17. The third-order valence-electron chi connectivity index (χ3n) is 6.20. The normalized spacial score (nSPS) is 10.4. The number of esters is 2. The van der Waals surface area contributed by atoms with Crippen LogP contribution in [0.3, 0.4) is 0 Å². The molecule has 0 bridgehead atoms. The summed E-state index contributed by atoms with van der Waals surface area (Å²) in [5, 5.41) is 17.9. The van der Waals surface area contributed by atoms with Crippen molar-refractivity contribution >= 4 is 11.9 Å². The van der Waals surface area contributed by atoms with Gasteiger partial charge in [-0.25, -0.2) is 9.59 Å². The first kappa shape index (κ1) is 33.0. The highest BCUT2D eigenvalue weighted by Gasteiger charge is 2.18. The minimum absolute atomic E-state index is 0.122. The summed E-state index contributed by atoms with van der Waals surface area (Å²) in [7, 11) is 0. The average molecular weight is 529 g/mol. The highest BCUT2D eigenvalue weighted by molar-refractivity contribution is 6.03. The SMILES string of the molecule is CCCCCCCCOC(=O)c1ccccc1C(=O)OCCCCCCCC.CCc1cc(O)cc(O)c1. The maximum absolute atomic E-state index is 12.4. The third kappa shape index (κ3) is 14.7. The monoisotopic (exact) mass is 528 g/mol. The Balaban J connectivity index is 0.000000600. The first-order chi connectivity index (χ1) is 18.4. The van der Waals surface area contributed by atoms with Gasteiger partial charge in [-0.2, -0.15) is 0 Å². The summed E-state index contributed by atoms with van der Waals surface area (Å²) in [4.78, 5) is 24.7. The maximum atomic E-state index is 12.4. The van der Waals surface area contributed by atoms with Gasteiger partial charge in [-0.15, -0.1) is 0 Å². The average Bonchev–Trinajstić information content (AvgIpc) is 2.91. The van der Waals surface area contributed by atoms with Gasteiger partial charge < -0.3 is 19.7 Å². The molecular weight excluding hydrogens is 480 g/mol. The fourth-order valence-corrected chi connectivity index (χ4v) is 3.95. The van der Waals surface area contributed by atoms with Gasteiger partial charge in [-0.3, -0.25) is 0 Å². The Morgan fingerprint density at radius 1 is 0.605 bits per heavy atom. The number of hydrogen-bond donors (Lipinski definition) is 2. The minimum atomic E-state index is -0.444. The number of hydrogen-bond acceptors (Lipinski definition) is 6. The topological polar surface area (TPSA) is 93.1 Å². The molecule has 2 aromatic carbocycles. The summed E-state index contributed by atoms with van der Waals surface area (Å²) in [6, 6.07) is 11.3. The number of benzene rings is 2. The van der Waals surface area contributed by atoms with Crippen molar-refractivity contribution in [3.05, 3.63) is 59.2 Å². The maximum Gasteiger partial charge on any atom is 0.339 e. The second-order valence-corrected chi connectivity index (χ2v) is 9.56. The molecule has 0 saturated heterocycles. The van der Waals surface area contributed by atoms with Crippen LogP contribution in [0.25, 0.3) is 0 Å². The molecule has 6 nitrogen and oxygen atoms in total. The Morgan fingerprint density at radius 2 is 1.00 bits per heavy atom. The zero-order valence-electron chi connectivity index (χ0n) is 23.7. The predicted molar refractivity (Wildman–Crippen MR) is 153 cm³/mol. The molecule has 0 unspecified atom stereocenters. The molecule has 6 heteroatoms. The lowest BCUT2D eigenvalue weighted by atomic mass is 10.1. The molecule has 0 aliphatic carbocycles. The van der Waals surface area contributed by atoms with Crippen LogP contribution in [-0.2, 0) is 15.9 Å². The molecule has 0 atom stereocenters. The molecular formula is C32H48O6. The molecule has 0 aliphatic heterocycles. The quantitative estimate of drug-likeness (QED) is 0.158. The van der Waals surface area contributed by atoms with Gasteiger partial charge in [0, 0.05) is 6.07 Å². The van der Waals surface area contributed by atoms with Crippen LogP contribution in [0, 0.1) is 0 Å². The van der Waals surface area contributed by atoms with Crippen molar-refractivity contribution in [2.24, 2.45) is 0 Å². The molecule has 0 heterocycles. The van der Waals surface area contributed by atoms with Gasteiger partial charge in [0.25, 0.3) is 0 Å². The number of aromatic hydroxyl groups is 2. The number of carbonyl (C=O) groups is 2. The number of ether oxygens (including phenoxy) is 2. The molecule has 0 amide bonds. The first-order valence-electron chi connectivity index (χ1n) is 14.4. The molecule has 2 N–H and O–H groups in total. The molecule has 0 saturated carbocycles. The van der Waals surface area contributed by atoms with Crippen LogP contribution in [0.4, 0.5) is 0 Å². The van der Waals surface area contributed by atoms with E-state index in [1.807, 2.05) is 6.92 Å². The van der Waals surface area contributed by atoms with E-state index in [1.165, 1.54) is 57.4 Å². The van der Waals surface area contributed by atoms with Crippen molar-refractivity contribution < 1.29 is 29.3 Å². The molecule has 0 radical (unpaired) electrons. The van der Waals surface area contributed by atoms with Gasteiger partial charge in [0.05, 0.1) is 24.3 Å². The lowest BCUT2D eigenvalue weighted by Gasteiger charge is -2.10. The summed E-state index contributed by atoms with van der Waals surface area (Å²) in [6.07, 6.45) is 14.4. The van der Waals surface area contributed by atoms with Gasteiger partial charge in [0.15, 0.2) is 0 Å². The van der Waals surface area contributed by atoms with Crippen LogP contribution in [0.2, 0.25) is 0 Å². The molecule has 0 aliphatic rings. The number of aryl methyl sites for hydroxylation is 1. The lowest BCUT2D eigenvalue weighted by Crippen LogP contribution is -2.15. The van der Waals surface area contributed by atoms with Crippen molar-refractivity contribution in [2.45, 2.75) is 104 Å². The predicted octanol–water partition coefficient (Wildman–Crippen LogP) is 8.38. The zero-order chi connectivity index (χ0) is 28.0. The van der Waals surface area contributed by atoms with E-state index in [0.717, 1.165) is 37.7 Å². The second kappa shape index (κ2) is 21.0. The number of carbonyl (C=O) groups excluding carboxylic acids is 2. The van der Waals surface area contributed by atoms with Crippen molar-refractivity contribution in [2.75, 3.05) is 13.2 Å². The van der Waals surface area contributed by atoms with Gasteiger partial charge in [-0.05, 0) is 49.1 Å². The Morgan fingerprint density at radius 3 is 1.39 bits per heavy atom. The van der Waals surface area contributed by atoms with Crippen molar-refractivity contribution in [1.82, 2.24) is 0 Å². The number of phenols is 2. The summed E-state index contributed by atoms with van der Waals surface area (Å²) in [5.41, 5.74) is 1.53. The largest absolute Gasteiger partial charge is 0.508 e. The number of unbranched alkanes of at least 4 members (excludes halogenated alkanes) is 10. The highest BCUT2D eigenvalue weighted by Crippen LogP contribution is 2.20. The van der Waals surface area contributed by atoms with E-state index in [9.17, 15) is 9.59 Å². The van der Waals surface area contributed by atoms with Gasteiger partial charge in [0.1, 0.15) is 11.5 Å². The van der Waals surface area contributed by atoms with Gasteiger partial charge in [-0.1, -0.05) is 97.1 Å². The van der Waals surface area contributed by atoms with E-state index in [1.54, 1.807) is 36.4 Å². The van der Waals surface area contributed by atoms with E-state index in [4.69, 9.17) is 19.7 Å². The smallest absolute Gasteiger partial charge is 0.339 e. The molecule has 2 rings (SSSR count). The Hall–Kier alpha value is -3.02. The van der Waals surface area contributed by atoms with Crippen LogP contribution < -0.4 is 0 Å². The van der Waals surface area contributed by atoms with Crippen molar-refractivity contribution in [3.8, 4) is 11.5 Å². The summed E-state index contributed by atoms with van der Waals surface area (Å²) < 4.78 is 10.7. The van der Waals surface area contributed by atoms with Crippen LogP contribution in [-0.4, -0.2) is 35.4 Å². The Kier molecular flexibility index (Phi) is 18.2. The van der Waals surface area contributed by atoms with Gasteiger partial charge >= 0.3 is 11.9 Å². The molecule has 0 fully saturated rings. The summed E-state index contributed by atoms with van der Waals surface area (Å²) in [5.74, 6) is -0.643. The van der Waals surface area contributed by atoms with Crippen molar-refractivity contribution in [3.63, 3.8) is 0 Å². The summed E-state index contributed by atoms with van der Waals surface area (Å²) >= 11 is 0.